The fourth-order valence-corrected chi connectivity index (χ4v) is 3.35. The van der Waals surface area contributed by atoms with Gasteiger partial charge in [-0.25, -0.2) is 0 Å². The van der Waals surface area contributed by atoms with E-state index in [1.54, 1.807) is 18.5 Å². The first-order valence-electron chi connectivity index (χ1n) is 8.79. The van der Waals surface area contributed by atoms with Gasteiger partial charge in [-0.2, -0.15) is 0 Å². The van der Waals surface area contributed by atoms with E-state index in [-0.39, 0.29) is 18.6 Å². The van der Waals surface area contributed by atoms with Crippen LogP contribution in [0.2, 0.25) is 0 Å². The Morgan fingerprint density at radius 3 is 2.65 bits per heavy atom. The Labute approximate surface area is 151 Å². The predicted molar refractivity (Wildman–Crippen MR) is 94.2 cm³/mol. The van der Waals surface area contributed by atoms with Gasteiger partial charge in [0.2, 0.25) is 12.7 Å². The van der Waals surface area contributed by atoms with Gasteiger partial charge in [-0.15, -0.1) is 0 Å². The summed E-state index contributed by atoms with van der Waals surface area (Å²) < 4.78 is 10.7. The zero-order chi connectivity index (χ0) is 17.9. The normalized spacial score (nSPS) is 16.5. The number of nitrogens with one attached hydrogen (secondary N) is 1. The first kappa shape index (κ1) is 16.5. The molecule has 1 aromatic heterocycles. The molecule has 2 amide bonds. The summed E-state index contributed by atoms with van der Waals surface area (Å²) in [6, 6.07) is 7.37. The van der Waals surface area contributed by atoms with Gasteiger partial charge >= 0.3 is 0 Å². The third kappa shape index (κ3) is 3.37. The molecular weight excluding hydrogens is 334 g/mol. The highest BCUT2D eigenvalue weighted by Crippen LogP contribution is 2.32. The molecule has 0 radical (unpaired) electrons. The molecule has 1 fully saturated rings. The maximum absolute atomic E-state index is 12.7. The lowest BCUT2D eigenvalue weighted by Crippen LogP contribution is -2.37. The van der Waals surface area contributed by atoms with Crippen LogP contribution in [0.15, 0.2) is 36.7 Å². The van der Waals surface area contributed by atoms with E-state index >= 15 is 0 Å². The first-order valence-corrected chi connectivity index (χ1v) is 8.79. The van der Waals surface area contributed by atoms with Crippen molar-refractivity contribution in [1.29, 1.82) is 0 Å². The van der Waals surface area contributed by atoms with Crippen molar-refractivity contribution in [2.75, 3.05) is 33.0 Å². The van der Waals surface area contributed by atoms with Crippen LogP contribution >= 0.6 is 0 Å². The maximum atomic E-state index is 12.7. The van der Waals surface area contributed by atoms with Crippen molar-refractivity contribution in [2.24, 2.45) is 0 Å². The molecule has 2 aliphatic heterocycles. The third-order valence-corrected chi connectivity index (χ3v) is 4.77. The number of nitrogens with zero attached hydrogens (tertiary/aromatic N) is 2. The van der Waals surface area contributed by atoms with E-state index in [1.807, 2.05) is 28.0 Å². The summed E-state index contributed by atoms with van der Waals surface area (Å²) in [6.45, 7) is 2.67. The molecule has 1 saturated heterocycles. The third-order valence-electron chi connectivity index (χ3n) is 4.77. The molecule has 1 aromatic carbocycles. The average Bonchev–Trinajstić information content (AvgIpc) is 3.28. The molecular formula is C19H21N3O4. The standard InChI is InChI=1S/C19H21N3O4/c23-18(11-14-2-3-16-17(10-14)26-13-25-16)21-6-1-7-22(9-8-21)19(24)15-4-5-20-12-15/h2-5,10,12,20H,1,6-9,11,13H2. The number of amides is 2. The number of aromatic nitrogens is 1. The van der Waals surface area contributed by atoms with Gasteiger partial charge in [-0.3, -0.25) is 9.59 Å². The highest BCUT2D eigenvalue weighted by Gasteiger charge is 2.23. The van der Waals surface area contributed by atoms with Crippen molar-refractivity contribution in [3.05, 3.63) is 47.8 Å². The zero-order valence-corrected chi connectivity index (χ0v) is 14.4. The molecule has 2 aliphatic rings. The monoisotopic (exact) mass is 355 g/mol. The molecule has 0 spiro atoms. The number of rotatable bonds is 3. The molecule has 2 aromatic rings. The number of H-pyrrole nitrogens is 1. The van der Waals surface area contributed by atoms with E-state index in [0.717, 1.165) is 17.7 Å². The zero-order valence-electron chi connectivity index (χ0n) is 14.4. The van der Waals surface area contributed by atoms with E-state index in [9.17, 15) is 9.59 Å². The van der Waals surface area contributed by atoms with Crippen molar-refractivity contribution in [3.8, 4) is 11.5 Å². The molecule has 0 aliphatic carbocycles. The lowest BCUT2D eigenvalue weighted by Gasteiger charge is -2.22. The molecule has 1 N–H and O–H groups in total. The summed E-state index contributed by atoms with van der Waals surface area (Å²) in [5.74, 6) is 1.49. The number of fused-ring (bicyclic) bond motifs is 1. The second kappa shape index (κ2) is 7.11. The molecule has 7 heteroatoms. The van der Waals surface area contributed by atoms with Crippen LogP contribution in [0, 0.1) is 0 Å². The molecule has 0 atom stereocenters. The molecule has 26 heavy (non-hydrogen) atoms. The Kier molecular flexibility index (Phi) is 4.51. The molecule has 0 bridgehead atoms. The van der Waals surface area contributed by atoms with E-state index in [0.29, 0.717) is 43.9 Å². The number of aromatic amines is 1. The van der Waals surface area contributed by atoms with Gasteiger partial charge in [0.15, 0.2) is 11.5 Å². The van der Waals surface area contributed by atoms with Crippen LogP contribution in [-0.2, 0) is 11.2 Å². The second-order valence-electron chi connectivity index (χ2n) is 6.49. The average molecular weight is 355 g/mol. The van der Waals surface area contributed by atoms with E-state index in [2.05, 4.69) is 4.98 Å². The largest absolute Gasteiger partial charge is 0.454 e. The van der Waals surface area contributed by atoms with Gasteiger partial charge in [0.05, 0.1) is 12.0 Å². The van der Waals surface area contributed by atoms with Crippen LogP contribution in [0.4, 0.5) is 0 Å². The minimum absolute atomic E-state index is 0.0105. The van der Waals surface area contributed by atoms with Crippen LogP contribution in [0.3, 0.4) is 0 Å². The Hall–Kier alpha value is -2.96. The highest BCUT2D eigenvalue weighted by molar-refractivity contribution is 5.94. The van der Waals surface area contributed by atoms with Crippen molar-refractivity contribution in [1.82, 2.24) is 14.8 Å². The van der Waals surface area contributed by atoms with Gasteiger partial charge < -0.3 is 24.3 Å². The molecule has 4 rings (SSSR count). The molecule has 7 nitrogen and oxygen atoms in total. The second-order valence-corrected chi connectivity index (χ2v) is 6.49. The number of carbonyl (C=O) groups is 2. The molecule has 136 valence electrons. The molecule has 0 unspecified atom stereocenters. The first-order chi connectivity index (χ1) is 12.7. The van der Waals surface area contributed by atoms with Crippen LogP contribution in [-0.4, -0.2) is 59.6 Å². The number of hydrogen-bond donors (Lipinski definition) is 1. The van der Waals surface area contributed by atoms with Crippen LogP contribution in [0.1, 0.15) is 22.3 Å². The topological polar surface area (TPSA) is 74.9 Å². The SMILES string of the molecule is O=C(Cc1ccc2c(c1)OCO2)N1CCCN(C(=O)c2cc[nH]c2)CC1. The summed E-state index contributed by atoms with van der Waals surface area (Å²) in [4.78, 5) is 31.7. The van der Waals surface area contributed by atoms with Crippen molar-refractivity contribution < 1.29 is 19.1 Å². The number of hydrogen-bond acceptors (Lipinski definition) is 4. The quantitative estimate of drug-likeness (QED) is 0.909. The molecule has 3 heterocycles. The van der Waals surface area contributed by atoms with Gasteiger partial charge in [0, 0.05) is 38.6 Å². The van der Waals surface area contributed by atoms with Gasteiger partial charge in [0.1, 0.15) is 0 Å². The minimum atomic E-state index is 0.0105. The lowest BCUT2D eigenvalue weighted by molar-refractivity contribution is -0.130. The Morgan fingerprint density at radius 1 is 1.00 bits per heavy atom. The fourth-order valence-electron chi connectivity index (χ4n) is 3.35. The summed E-state index contributed by atoms with van der Waals surface area (Å²) >= 11 is 0. The number of ether oxygens (including phenoxy) is 2. The highest BCUT2D eigenvalue weighted by atomic mass is 16.7. The Morgan fingerprint density at radius 2 is 1.81 bits per heavy atom. The van der Waals surface area contributed by atoms with Crippen molar-refractivity contribution >= 4 is 11.8 Å². The maximum Gasteiger partial charge on any atom is 0.255 e. The van der Waals surface area contributed by atoms with Crippen molar-refractivity contribution in [3.63, 3.8) is 0 Å². The van der Waals surface area contributed by atoms with E-state index in [1.165, 1.54) is 0 Å². The van der Waals surface area contributed by atoms with E-state index < -0.39 is 0 Å². The number of carbonyl (C=O) groups excluding carboxylic acids is 2. The van der Waals surface area contributed by atoms with Gasteiger partial charge in [-0.1, -0.05) is 6.07 Å². The lowest BCUT2D eigenvalue weighted by atomic mass is 10.1. The smallest absolute Gasteiger partial charge is 0.255 e. The van der Waals surface area contributed by atoms with Crippen LogP contribution < -0.4 is 9.47 Å². The fraction of sp³-hybridized carbons (Fsp3) is 0.368. The van der Waals surface area contributed by atoms with E-state index in [4.69, 9.17) is 9.47 Å². The van der Waals surface area contributed by atoms with Gasteiger partial charge in [0.25, 0.3) is 5.91 Å². The van der Waals surface area contributed by atoms with Crippen LogP contribution in [0.25, 0.3) is 0 Å². The predicted octanol–water partition coefficient (Wildman–Crippen LogP) is 1.66. The summed E-state index contributed by atoms with van der Waals surface area (Å²) in [6.07, 6.45) is 4.55. The van der Waals surface area contributed by atoms with Crippen LogP contribution in [0.5, 0.6) is 11.5 Å². The Balaban J connectivity index is 1.36. The summed E-state index contributed by atoms with van der Waals surface area (Å²) in [7, 11) is 0. The molecule has 0 saturated carbocycles. The Bertz CT molecular complexity index is 803. The van der Waals surface area contributed by atoms with Crippen molar-refractivity contribution in [2.45, 2.75) is 12.8 Å². The number of benzene rings is 1. The summed E-state index contributed by atoms with van der Waals surface area (Å²) in [5.41, 5.74) is 1.56. The summed E-state index contributed by atoms with van der Waals surface area (Å²) in [5, 5.41) is 0. The van der Waals surface area contributed by atoms with Gasteiger partial charge in [-0.05, 0) is 30.2 Å². The minimum Gasteiger partial charge on any atom is -0.454 e.